The number of para-hydroxylation sites is 2. The zero-order chi connectivity index (χ0) is 11.5. The molecule has 4 heteroatoms. The van der Waals surface area contributed by atoms with Gasteiger partial charge in [-0.2, -0.15) is 11.8 Å². The van der Waals surface area contributed by atoms with E-state index in [4.69, 9.17) is 11.6 Å². The fraction of sp³-hybridized carbons (Fsp3) is 0.417. The molecule has 1 heterocycles. The van der Waals surface area contributed by atoms with Crippen molar-refractivity contribution < 1.29 is 0 Å². The molecule has 0 spiro atoms. The molecular weight excluding hydrogens is 240 g/mol. The second-order valence-corrected chi connectivity index (χ2v) is 5.35. The Hall–Kier alpha value is -0.670. The van der Waals surface area contributed by atoms with Gasteiger partial charge in [0.15, 0.2) is 0 Å². The molecule has 0 radical (unpaired) electrons. The molecule has 0 bridgehead atoms. The largest absolute Gasteiger partial charge is 0.326 e. The highest BCUT2D eigenvalue weighted by atomic mass is 35.5. The maximum atomic E-state index is 5.94. The Kier molecular flexibility index (Phi) is 3.77. The number of fused-ring (bicyclic) bond motifs is 1. The van der Waals surface area contributed by atoms with E-state index >= 15 is 0 Å². The van der Waals surface area contributed by atoms with Crippen molar-refractivity contribution in [3.63, 3.8) is 0 Å². The van der Waals surface area contributed by atoms with Crippen LogP contribution in [0.15, 0.2) is 24.3 Å². The maximum Gasteiger partial charge on any atom is 0.124 e. The average Bonchev–Trinajstić information content (AvgIpc) is 2.67. The van der Waals surface area contributed by atoms with E-state index in [9.17, 15) is 0 Å². The number of hydrogen-bond donors (Lipinski definition) is 0. The van der Waals surface area contributed by atoms with E-state index in [2.05, 4.69) is 28.8 Å². The number of rotatable bonds is 4. The molecule has 0 amide bonds. The third-order valence-corrected chi connectivity index (χ3v) is 3.89. The summed E-state index contributed by atoms with van der Waals surface area (Å²) in [6.45, 7) is 3.18. The Morgan fingerprint density at radius 2 is 2.19 bits per heavy atom. The minimum atomic E-state index is 0.468. The molecule has 2 nitrogen and oxygen atoms in total. The molecule has 0 saturated carbocycles. The zero-order valence-electron chi connectivity index (χ0n) is 9.48. The van der Waals surface area contributed by atoms with Crippen LogP contribution in [0.5, 0.6) is 0 Å². The van der Waals surface area contributed by atoms with Crippen LogP contribution < -0.4 is 0 Å². The van der Waals surface area contributed by atoms with Gasteiger partial charge in [-0.3, -0.25) is 0 Å². The van der Waals surface area contributed by atoms with Crippen molar-refractivity contribution in [2.24, 2.45) is 0 Å². The van der Waals surface area contributed by atoms with Gasteiger partial charge in [0, 0.05) is 11.8 Å². The molecule has 0 N–H and O–H groups in total. The van der Waals surface area contributed by atoms with Crippen LogP contribution in [0.3, 0.4) is 0 Å². The van der Waals surface area contributed by atoms with Gasteiger partial charge in [0.25, 0.3) is 0 Å². The Bertz CT molecular complexity index is 481. The van der Waals surface area contributed by atoms with Crippen molar-refractivity contribution in [2.45, 2.75) is 24.6 Å². The number of thioether (sulfide) groups is 1. The first-order valence-electron chi connectivity index (χ1n) is 5.29. The lowest BCUT2D eigenvalue weighted by molar-refractivity contribution is 0.685. The Morgan fingerprint density at radius 1 is 1.44 bits per heavy atom. The van der Waals surface area contributed by atoms with Crippen molar-refractivity contribution in [3.8, 4) is 0 Å². The van der Waals surface area contributed by atoms with Crippen LogP contribution in [0.2, 0.25) is 0 Å². The summed E-state index contributed by atoms with van der Waals surface area (Å²) in [5.41, 5.74) is 2.21. The van der Waals surface area contributed by atoms with Crippen LogP contribution in [-0.4, -0.2) is 21.1 Å². The lowest BCUT2D eigenvalue weighted by Gasteiger charge is -2.12. The minimum Gasteiger partial charge on any atom is -0.326 e. The third-order valence-electron chi connectivity index (χ3n) is 2.70. The van der Waals surface area contributed by atoms with Crippen LogP contribution in [0.4, 0.5) is 0 Å². The quantitative estimate of drug-likeness (QED) is 0.777. The summed E-state index contributed by atoms with van der Waals surface area (Å²) in [5, 5.41) is 0.569. The summed E-state index contributed by atoms with van der Waals surface area (Å²) in [7, 11) is 0. The first kappa shape index (κ1) is 11.8. The van der Waals surface area contributed by atoms with Crippen LogP contribution >= 0.6 is 23.4 Å². The predicted molar refractivity (Wildman–Crippen MR) is 72.3 cm³/mol. The number of imidazole rings is 1. The van der Waals surface area contributed by atoms with E-state index in [-0.39, 0.29) is 0 Å². The molecule has 0 saturated heterocycles. The highest BCUT2D eigenvalue weighted by molar-refractivity contribution is 7.99. The molecule has 0 aliphatic rings. The van der Waals surface area contributed by atoms with Crippen LogP contribution in [0.25, 0.3) is 11.0 Å². The van der Waals surface area contributed by atoms with E-state index in [1.165, 1.54) is 5.52 Å². The summed E-state index contributed by atoms with van der Waals surface area (Å²) >= 11 is 7.80. The molecule has 1 aromatic carbocycles. The normalized spacial score (nSPS) is 13.2. The molecule has 0 fully saturated rings. The van der Waals surface area contributed by atoms with Crippen molar-refractivity contribution >= 4 is 34.4 Å². The molecule has 1 aromatic heterocycles. The third kappa shape index (κ3) is 2.20. The second kappa shape index (κ2) is 5.11. The number of halogens is 1. The molecular formula is C12H15ClN2S. The summed E-state index contributed by atoms with van der Waals surface area (Å²) in [4.78, 5) is 4.54. The summed E-state index contributed by atoms with van der Waals surface area (Å²) in [5.74, 6) is 1.43. The van der Waals surface area contributed by atoms with Crippen LogP contribution in [-0.2, 0) is 12.4 Å². The van der Waals surface area contributed by atoms with Gasteiger partial charge in [-0.1, -0.05) is 19.1 Å². The molecule has 0 aliphatic heterocycles. The average molecular weight is 255 g/mol. The van der Waals surface area contributed by atoms with E-state index in [0.717, 1.165) is 17.9 Å². The predicted octanol–water partition coefficient (Wildman–Crippen LogP) is 3.53. The monoisotopic (exact) mass is 254 g/mol. The van der Waals surface area contributed by atoms with E-state index in [0.29, 0.717) is 11.1 Å². The van der Waals surface area contributed by atoms with Gasteiger partial charge in [-0.25, -0.2) is 4.98 Å². The van der Waals surface area contributed by atoms with Gasteiger partial charge in [-0.15, -0.1) is 11.6 Å². The first-order valence-corrected chi connectivity index (χ1v) is 7.11. The van der Waals surface area contributed by atoms with E-state index < -0.39 is 0 Å². The van der Waals surface area contributed by atoms with Crippen molar-refractivity contribution in [3.05, 3.63) is 30.1 Å². The summed E-state index contributed by atoms with van der Waals surface area (Å²) in [6, 6.07) is 8.19. The zero-order valence-corrected chi connectivity index (χ0v) is 11.1. The molecule has 16 heavy (non-hydrogen) atoms. The molecule has 0 aliphatic carbocycles. The van der Waals surface area contributed by atoms with Crippen molar-refractivity contribution in [1.29, 1.82) is 0 Å². The van der Waals surface area contributed by atoms with Gasteiger partial charge in [-0.05, 0) is 18.4 Å². The van der Waals surface area contributed by atoms with Gasteiger partial charge < -0.3 is 4.57 Å². The molecule has 86 valence electrons. The Balaban J connectivity index is 2.47. The molecule has 2 rings (SSSR count). The van der Waals surface area contributed by atoms with Gasteiger partial charge in [0.1, 0.15) is 5.82 Å². The topological polar surface area (TPSA) is 17.8 Å². The Labute approximate surface area is 105 Å². The maximum absolute atomic E-state index is 5.94. The highest BCUT2D eigenvalue weighted by Gasteiger charge is 2.11. The van der Waals surface area contributed by atoms with Crippen LogP contribution in [0, 0.1) is 0 Å². The standard InChI is InChI=1S/C12H15ClN2S/c1-9(16-2)8-15-11-6-4-3-5-10(11)14-12(15)7-13/h3-6,9H,7-8H2,1-2H3. The Morgan fingerprint density at radius 3 is 2.88 bits per heavy atom. The minimum absolute atomic E-state index is 0.468. The molecule has 1 unspecified atom stereocenters. The smallest absolute Gasteiger partial charge is 0.124 e. The number of nitrogens with zero attached hydrogens (tertiary/aromatic N) is 2. The fourth-order valence-corrected chi connectivity index (χ4v) is 2.26. The van der Waals surface area contributed by atoms with E-state index in [1.807, 2.05) is 30.0 Å². The lowest BCUT2D eigenvalue weighted by atomic mass is 10.3. The molecule has 1 atom stereocenters. The van der Waals surface area contributed by atoms with Crippen LogP contribution in [0.1, 0.15) is 12.7 Å². The SMILES string of the molecule is CSC(C)Cn1c(CCl)nc2ccccc21. The fourth-order valence-electron chi connectivity index (χ4n) is 1.76. The number of hydrogen-bond acceptors (Lipinski definition) is 2. The number of alkyl halides is 1. The first-order chi connectivity index (χ1) is 7.76. The van der Waals surface area contributed by atoms with Gasteiger partial charge in [0.2, 0.25) is 0 Å². The highest BCUT2D eigenvalue weighted by Crippen LogP contribution is 2.20. The molecule has 2 aromatic rings. The van der Waals surface area contributed by atoms with Crippen molar-refractivity contribution in [2.75, 3.05) is 6.26 Å². The van der Waals surface area contributed by atoms with Crippen molar-refractivity contribution in [1.82, 2.24) is 9.55 Å². The number of benzene rings is 1. The second-order valence-electron chi connectivity index (χ2n) is 3.81. The van der Waals surface area contributed by atoms with Gasteiger partial charge in [0.05, 0.1) is 16.9 Å². The lowest BCUT2D eigenvalue weighted by Crippen LogP contribution is -2.11. The van der Waals surface area contributed by atoms with Gasteiger partial charge >= 0.3 is 0 Å². The summed E-state index contributed by atoms with van der Waals surface area (Å²) in [6.07, 6.45) is 2.13. The van der Waals surface area contributed by atoms with E-state index in [1.54, 1.807) is 0 Å². The summed E-state index contributed by atoms with van der Waals surface area (Å²) < 4.78 is 2.23. The number of aromatic nitrogens is 2.